The van der Waals surface area contributed by atoms with Crippen molar-refractivity contribution in [2.45, 2.75) is 79.1 Å². The van der Waals surface area contributed by atoms with E-state index in [0.717, 1.165) is 25.7 Å². The predicted octanol–water partition coefficient (Wildman–Crippen LogP) is 5.35. The quantitative estimate of drug-likeness (QED) is 0.349. The number of amides is 3. The van der Waals surface area contributed by atoms with Crippen molar-refractivity contribution < 1.29 is 13.8 Å². The van der Waals surface area contributed by atoms with E-state index in [1.807, 2.05) is 0 Å². The molecule has 1 saturated heterocycles. The maximum atomic E-state index is 13.1. The fourth-order valence-corrected chi connectivity index (χ4v) is 13.6. The molecule has 25 heavy (non-hydrogen) atoms. The Hall–Kier alpha value is -0.470. The fraction of sp³-hybridized carbons (Fsp3) is 0.900. The summed E-state index contributed by atoms with van der Waals surface area (Å²) in [6.45, 7) is 6.95. The van der Waals surface area contributed by atoms with Crippen molar-refractivity contribution in [1.29, 1.82) is 0 Å². The van der Waals surface area contributed by atoms with Crippen LogP contribution in [0.2, 0.25) is 0 Å². The van der Waals surface area contributed by atoms with Crippen LogP contribution in [0.5, 0.6) is 0 Å². The molecule has 0 aromatic carbocycles. The van der Waals surface area contributed by atoms with Gasteiger partial charge in [-0.3, -0.25) is 0 Å². The summed E-state index contributed by atoms with van der Waals surface area (Å²) >= 11 is 0. The molecule has 0 aromatic heterocycles. The van der Waals surface area contributed by atoms with E-state index < -0.39 is 6.75 Å². The molecule has 0 saturated carbocycles. The molecule has 0 spiro atoms. The van der Waals surface area contributed by atoms with Crippen molar-refractivity contribution in [3.8, 4) is 0 Å². The van der Waals surface area contributed by atoms with Gasteiger partial charge in [-0.2, -0.15) is 0 Å². The van der Waals surface area contributed by atoms with Crippen molar-refractivity contribution in [2.24, 2.45) is 0 Å². The number of hydrogen-bond donors (Lipinski definition) is 1. The number of nitrogens with zero attached hydrogens (tertiary/aromatic N) is 1. The Kier molecular flexibility index (Phi) is 8.54. The van der Waals surface area contributed by atoms with Crippen LogP contribution in [-0.4, -0.2) is 54.4 Å². The number of unbranched alkanes of at least 4 members (excludes halogenated alkanes) is 4. The van der Waals surface area contributed by atoms with Gasteiger partial charge in [-0.25, -0.2) is 0 Å². The SMILES string of the molecule is CCCCP(CCCC)(CCCC)(CCCC)[N+]1(C)CC(=O)NC1=O. The second kappa shape index (κ2) is 9.46. The minimum atomic E-state index is -2.43. The van der Waals surface area contributed by atoms with E-state index in [4.69, 9.17) is 0 Å². The molecule has 1 aliphatic heterocycles. The van der Waals surface area contributed by atoms with E-state index >= 15 is 0 Å². The van der Waals surface area contributed by atoms with E-state index in [-0.39, 0.29) is 11.9 Å². The van der Waals surface area contributed by atoms with Gasteiger partial charge >= 0.3 is 155 Å². The zero-order valence-electron chi connectivity index (χ0n) is 17.4. The number of urea groups is 1. The van der Waals surface area contributed by atoms with Gasteiger partial charge < -0.3 is 0 Å². The van der Waals surface area contributed by atoms with Crippen LogP contribution in [-0.2, 0) is 4.79 Å². The number of carbonyl (C=O) groups is 2. The Morgan fingerprint density at radius 1 is 0.800 bits per heavy atom. The predicted molar refractivity (Wildman–Crippen MR) is 111 cm³/mol. The Balaban J connectivity index is 3.53. The number of rotatable bonds is 13. The van der Waals surface area contributed by atoms with E-state index in [9.17, 15) is 9.59 Å². The van der Waals surface area contributed by atoms with Gasteiger partial charge in [-0.05, 0) is 0 Å². The molecule has 0 radical (unpaired) electrons. The average molecular weight is 374 g/mol. The zero-order chi connectivity index (χ0) is 19.0. The number of hydrogen-bond acceptors (Lipinski definition) is 2. The van der Waals surface area contributed by atoms with Crippen LogP contribution in [0.3, 0.4) is 0 Å². The number of carbonyl (C=O) groups excluding carboxylic acids is 2. The second-order valence-corrected chi connectivity index (χ2v) is 14.9. The number of likely N-dealkylation sites (N-methyl/N-ethyl adjacent to an activating group) is 1. The van der Waals surface area contributed by atoms with E-state index in [1.54, 1.807) is 0 Å². The van der Waals surface area contributed by atoms with Gasteiger partial charge in [0.05, 0.1) is 0 Å². The summed E-state index contributed by atoms with van der Waals surface area (Å²) in [7, 11) is 2.11. The summed E-state index contributed by atoms with van der Waals surface area (Å²) in [6, 6.07) is -0.0120. The van der Waals surface area contributed by atoms with Gasteiger partial charge in [0, 0.05) is 0 Å². The van der Waals surface area contributed by atoms with Crippen molar-refractivity contribution in [2.75, 3.05) is 38.2 Å². The fourth-order valence-electron chi connectivity index (χ4n) is 4.90. The van der Waals surface area contributed by atoms with Gasteiger partial charge in [0.15, 0.2) is 0 Å². The summed E-state index contributed by atoms with van der Waals surface area (Å²) in [5, 5.41) is 2.67. The third-order valence-corrected chi connectivity index (χ3v) is 15.4. The molecule has 1 heterocycles. The van der Waals surface area contributed by atoms with Crippen LogP contribution in [0.4, 0.5) is 4.79 Å². The molecule has 0 bridgehead atoms. The van der Waals surface area contributed by atoms with Crippen molar-refractivity contribution in [3.05, 3.63) is 0 Å². The van der Waals surface area contributed by atoms with E-state index in [2.05, 4.69) is 40.1 Å². The minimum absolute atomic E-state index is 0.0120. The molecule has 1 unspecified atom stereocenters. The van der Waals surface area contributed by atoms with Crippen LogP contribution < -0.4 is 5.32 Å². The van der Waals surface area contributed by atoms with Crippen LogP contribution >= 0.6 is 6.75 Å². The molecule has 1 N–H and O–H groups in total. The van der Waals surface area contributed by atoms with E-state index in [1.165, 1.54) is 50.3 Å². The van der Waals surface area contributed by atoms with Crippen molar-refractivity contribution >= 4 is 18.7 Å². The van der Waals surface area contributed by atoms with Crippen molar-refractivity contribution in [3.63, 3.8) is 0 Å². The van der Waals surface area contributed by atoms with Crippen LogP contribution in [0.1, 0.15) is 79.1 Å². The Bertz CT molecular complexity index is 423. The van der Waals surface area contributed by atoms with Crippen molar-refractivity contribution in [1.82, 2.24) is 5.32 Å². The Morgan fingerprint density at radius 2 is 1.16 bits per heavy atom. The molecule has 148 valence electrons. The third-order valence-electron chi connectivity index (χ3n) is 6.73. The molecular formula is C20H42N2O2P+. The number of nitrogens with one attached hydrogen (secondary N) is 1. The van der Waals surface area contributed by atoms with E-state index in [0.29, 0.717) is 10.8 Å². The zero-order valence-corrected chi connectivity index (χ0v) is 18.3. The van der Waals surface area contributed by atoms with Crippen LogP contribution in [0.15, 0.2) is 0 Å². The maximum absolute atomic E-state index is 13.1. The van der Waals surface area contributed by atoms with Crippen LogP contribution in [0, 0.1) is 0 Å². The molecule has 3 amide bonds. The first-order chi connectivity index (χ1) is 11.8. The van der Waals surface area contributed by atoms with Gasteiger partial charge in [-0.15, -0.1) is 0 Å². The normalized spacial score (nSPS) is 22.7. The van der Waals surface area contributed by atoms with Gasteiger partial charge in [0.2, 0.25) is 0 Å². The summed E-state index contributed by atoms with van der Waals surface area (Å²) in [5.74, 6) is -0.0671. The molecule has 1 aliphatic rings. The molecule has 5 heteroatoms. The first-order valence-electron chi connectivity index (χ1n) is 10.5. The molecule has 1 atom stereocenters. The van der Waals surface area contributed by atoms with Gasteiger partial charge in [0.1, 0.15) is 0 Å². The monoisotopic (exact) mass is 373 g/mol. The number of quaternary nitrogens is 1. The Morgan fingerprint density at radius 3 is 1.40 bits per heavy atom. The van der Waals surface area contributed by atoms with Crippen LogP contribution in [0.25, 0.3) is 0 Å². The first-order valence-corrected chi connectivity index (χ1v) is 13.5. The molecule has 1 fully saturated rings. The summed E-state index contributed by atoms with van der Waals surface area (Å²) in [6.07, 6.45) is 14.1. The van der Waals surface area contributed by atoms with Gasteiger partial charge in [0.25, 0.3) is 0 Å². The standard InChI is InChI=1S/C20H41N2O2P/c1-6-10-14-25(15-11-7-2,16-12-8-3,17-13-9-4)22(5)18-19(23)21-20(22)24/h6-18H2,1-5H3/p+1. The molecule has 0 aliphatic carbocycles. The van der Waals surface area contributed by atoms with Gasteiger partial charge in [-0.1, -0.05) is 0 Å². The number of imide groups is 1. The summed E-state index contributed by atoms with van der Waals surface area (Å²) in [4.78, 5) is 25.3. The molecule has 4 nitrogen and oxygen atoms in total. The molecule has 1 rings (SSSR count). The molecule has 0 aromatic rings. The average Bonchev–Trinajstić information content (AvgIpc) is 2.87. The molecular weight excluding hydrogens is 331 g/mol. The topological polar surface area (TPSA) is 46.2 Å². The summed E-state index contributed by atoms with van der Waals surface area (Å²) in [5.41, 5.74) is 0. The Labute approximate surface area is 155 Å². The first kappa shape index (κ1) is 22.6. The third kappa shape index (κ3) is 4.27. The second-order valence-electron chi connectivity index (χ2n) is 8.37. The summed E-state index contributed by atoms with van der Waals surface area (Å²) < 4.78 is 0.407.